The molecule has 1 aromatic rings. The van der Waals surface area contributed by atoms with Crippen molar-refractivity contribution in [3.05, 3.63) is 29.8 Å². The van der Waals surface area contributed by atoms with Crippen LogP contribution in [0.25, 0.3) is 0 Å². The van der Waals surface area contributed by atoms with E-state index in [0.29, 0.717) is 18.0 Å². The van der Waals surface area contributed by atoms with E-state index in [2.05, 4.69) is 12.2 Å². The van der Waals surface area contributed by atoms with Crippen molar-refractivity contribution in [1.29, 1.82) is 0 Å². The third-order valence-electron chi connectivity index (χ3n) is 4.47. The van der Waals surface area contributed by atoms with E-state index in [0.717, 1.165) is 10.8 Å². The predicted molar refractivity (Wildman–Crippen MR) is 92.9 cm³/mol. The monoisotopic (exact) mass is 335 g/mol. The summed E-state index contributed by atoms with van der Waals surface area (Å²) >= 11 is 1.21. The Balaban J connectivity index is 1.95. The molecular weight excluding hydrogens is 310 g/mol. The molecule has 0 saturated heterocycles. The highest BCUT2D eigenvalue weighted by Gasteiger charge is 2.21. The average molecular weight is 335 g/mol. The van der Waals surface area contributed by atoms with E-state index in [4.69, 9.17) is 5.11 Å². The maximum atomic E-state index is 12.5. The lowest BCUT2D eigenvalue weighted by atomic mass is 9.83. The Morgan fingerprint density at radius 1 is 1.26 bits per heavy atom. The number of thioether (sulfide) groups is 1. The highest BCUT2D eigenvalue weighted by Crippen LogP contribution is 2.29. The molecule has 0 aliphatic heterocycles. The van der Waals surface area contributed by atoms with Gasteiger partial charge in [0.1, 0.15) is 5.25 Å². The molecule has 0 spiro atoms. The first-order valence-corrected chi connectivity index (χ1v) is 9.12. The summed E-state index contributed by atoms with van der Waals surface area (Å²) in [6.45, 7) is 4.62. The number of nitrogens with one attached hydrogen (secondary N) is 1. The van der Waals surface area contributed by atoms with Crippen molar-refractivity contribution < 1.29 is 14.7 Å². The maximum absolute atomic E-state index is 12.5. The first-order valence-electron chi connectivity index (χ1n) is 8.24. The molecule has 23 heavy (non-hydrogen) atoms. The SMILES string of the molecule is CC1CCC(CNC(=O)c2ccccc2SC(C)C(=O)O)CC1. The van der Waals surface area contributed by atoms with Gasteiger partial charge in [0, 0.05) is 11.4 Å². The van der Waals surface area contributed by atoms with Gasteiger partial charge in [0.15, 0.2) is 0 Å². The van der Waals surface area contributed by atoms with Crippen molar-refractivity contribution in [1.82, 2.24) is 5.32 Å². The van der Waals surface area contributed by atoms with E-state index < -0.39 is 11.2 Å². The molecule has 1 aliphatic carbocycles. The smallest absolute Gasteiger partial charge is 0.316 e. The van der Waals surface area contributed by atoms with Crippen LogP contribution in [0, 0.1) is 11.8 Å². The van der Waals surface area contributed by atoms with Gasteiger partial charge in [0.2, 0.25) is 0 Å². The van der Waals surface area contributed by atoms with Crippen LogP contribution in [0.4, 0.5) is 0 Å². The summed E-state index contributed by atoms with van der Waals surface area (Å²) in [6.07, 6.45) is 4.83. The Morgan fingerprint density at radius 3 is 2.57 bits per heavy atom. The van der Waals surface area contributed by atoms with Gasteiger partial charge in [0.05, 0.1) is 5.56 Å². The zero-order valence-corrected chi connectivity index (χ0v) is 14.6. The number of amides is 1. The first kappa shape index (κ1) is 17.9. The molecule has 1 aromatic carbocycles. The van der Waals surface area contributed by atoms with Crippen LogP contribution in [0.15, 0.2) is 29.2 Å². The molecular formula is C18H25NO3S. The number of carboxylic acids is 1. The van der Waals surface area contributed by atoms with E-state index >= 15 is 0 Å². The van der Waals surface area contributed by atoms with Gasteiger partial charge >= 0.3 is 5.97 Å². The lowest BCUT2D eigenvalue weighted by Crippen LogP contribution is -2.31. The van der Waals surface area contributed by atoms with Crippen LogP contribution in [0.5, 0.6) is 0 Å². The standard InChI is InChI=1S/C18H25NO3S/c1-12-7-9-14(10-8-12)11-19-17(20)15-5-3-4-6-16(15)23-13(2)18(21)22/h3-6,12-14H,7-11H2,1-2H3,(H,19,20)(H,21,22). The van der Waals surface area contributed by atoms with E-state index in [1.807, 2.05) is 12.1 Å². The molecule has 1 fully saturated rings. The number of benzene rings is 1. The number of hydrogen-bond donors (Lipinski definition) is 2. The number of carbonyl (C=O) groups is 2. The van der Waals surface area contributed by atoms with E-state index in [1.165, 1.54) is 37.4 Å². The minimum Gasteiger partial charge on any atom is -0.480 e. The molecule has 0 radical (unpaired) electrons. The second-order valence-corrected chi connectivity index (χ2v) is 7.81. The fourth-order valence-electron chi connectivity index (χ4n) is 2.86. The Hall–Kier alpha value is -1.49. The normalized spacial score (nSPS) is 22.3. The topological polar surface area (TPSA) is 66.4 Å². The predicted octanol–water partition coefficient (Wildman–Crippen LogP) is 3.81. The van der Waals surface area contributed by atoms with Crippen molar-refractivity contribution in [2.45, 2.75) is 49.7 Å². The van der Waals surface area contributed by atoms with Gasteiger partial charge in [-0.05, 0) is 43.7 Å². The van der Waals surface area contributed by atoms with Gasteiger partial charge in [-0.25, -0.2) is 0 Å². The third kappa shape index (κ3) is 5.27. The molecule has 1 amide bonds. The number of carbonyl (C=O) groups excluding carboxylic acids is 1. The summed E-state index contributed by atoms with van der Waals surface area (Å²) in [7, 11) is 0. The fraction of sp³-hybridized carbons (Fsp3) is 0.556. The molecule has 1 aliphatic rings. The van der Waals surface area contributed by atoms with Crippen LogP contribution in [-0.4, -0.2) is 28.8 Å². The third-order valence-corrected chi connectivity index (χ3v) is 5.64. The fourth-order valence-corrected chi connectivity index (χ4v) is 3.79. The average Bonchev–Trinajstić information content (AvgIpc) is 2.54. The summed E-state index contributed by atoms with van der Waals surface area (Å²) < 4.78 is 0. The van der Waals surface area contributed by atoms with Crippen LogP contribution >= 0.6 is 11.8 Å². The van der Waals surface area contributed by atoms with Gasteiger partial charge in [-0.3, -0.25) is 9.59 Å². The van der Waals surface area contributed by atoms with Crippen molar-refractivity contribution in [2.24, 2.45) is 11.8 Å². The Morgan fingerprint density at radius 2 is 1.91 bits per heavy atom. The van der Waals surface area contributed by atoms with E-state index in [1.54, 1.807) is 19.1 Å². The molecule has 2 N–H and O–H groups in total. The number of carboxylic acid groups (broad SMARTS) is 1. The zero-order valence-electron chi connectivity index (χ0n) is 13.7. The molecule has 2 rings (SSSR count). The molecule has 0 aromatic heterocycles. The van der Waals surface area contributed by atoms with Gasteiger partial charge < -0.3 is 10.4 Å². The maximum Gasteiger partial charge on any atom is 0.316 e. The van der Waals surface area contributed by atoms with Crippen molar-refractivity contribution in [3.63, 3.8) is 0 Å². The zero-order chi connectivity index (χ0) is 16.8. The van der Waals surface area contributed by atoms with Crippen LogP contribution < -0.4 is 5.32 Å². The van der Waals surface area contributed by atoms with Crippen LogP contribution in [-0.2, 0) is 4.79 Å². The van der Waals surface area contributed by atoms with Crippen molar-refractivity contribution in [2.75, 3.05) is 6.54 Å². The summed E-state index contributed by atoms with van der Waals surface area (Å²) in [5, 5.41) is 11.5. The van der Waals surface area contributed by atoms with Gasteiger partial charge in [-0.1, -0.05) is 31.9 Å². The lowest BCUT2D eigenvalue weighted by Gasteiger charge is -2.26. The van der Waals surface area contributed by atoms with Crippen molar-refractivity contribution >= 4 is 23.6 Å². The van der Waals surface area contributed by atoms with Gasteiger partial charge in [-0.15, -0.1) is 11.8 Å². The number of aliphatic carboxylic acids is 1. The molecule has 126 valence electrons. The largest absolute Gasteiger partial charge is 0.480 e. The summed E-state index contributed by atoms with van der Waals surface area (Å²) in [5.41, 5.74) is 0.565. The summed E-state index contributed by atoms with van der Waals surface area (Å²) in [4.78, 5) is 24.2. The van der Waals surface area contributed by atoms with Gasteiger partial charge in [-0.2, -0.15) is 0 Å². The molecule has 1 atom stereocenters. The van der Waals surface area contributed by atoms with E-state index in [9.17, 15) is 9.59 Å². The highest BCUT2D eigenvalue weighted by atomic mass is 32.2. The molecule has 1 saturated carbocycles. The lowest BCUT2D eigenvalue weighted by molar-refractivity contribution is -0.136. The van der Waals surface area contributed by atoms with E-state index in [-0.39, 0.29) is 5.91 Å². The molecule has 1 unspecified atom stereocenters. The van der Waals surface area contributed by atoms with Gasteiger partial charge in [0.25, 0.3) is 5.91 Å². The second kappa shape index (κ2) is 8.39. The number of rotatable bonds is 6. The van der Waals surface area contributed by atoms with Crippen LogP contribution in [0.2, 0.25) is 0 Å². The minimum absolute atomic E-state index is 0.107. The molecule has 5 heteroatoms. The minimum atomic E-state index is -0.874. The highest BCUT2D eigenvalue weighted by molar-refractivity contribution is 8.00. The Labute approximate surface area is 142 Å². The van der Waals surface area contributed by atoms with Crippen LogP contribution in [0.3, 0.4) is 0 Å². The summed E-state index contributed by atoms with van der Waals surface area (Å²) in [5.74, 6) is 0.385. The number of hydrogen-bond acceptors (Lipinski definition) is 3. The Bertz CT molecular complexity index is 553. The van der Waals surface area contributed by atoms with Crippen molar-refractivity contribution in [3.8, 4) is 0 Å². The molecule has 0 bridgehead atoms. The Kier molecular flexibility index (Phi) is 6.51. The second-order valence-electron chi connectivity index (χ2n) is 6.43. The quantitative estimate of drug-likeness (QED) is 0.776. The first-order chi connectivity index (χ1) is 11.0. The van der Waals surface area contributed by atoms with Crippen LogP contribution in [0.1, 0.15) is 49.9 Å². The molecule has 4 nitrogen and oxygen atoms in total. The molecule has 0 heterocycles. The summed E-state index contributed by atoms with van der Waals surface area (Å²) in [6, 6.07) is 7.21.